The van der Waals surface area contributed by atoms with Gasteiger partial charge in [-0.3, -0.25) is 10.1 Å². The van der Waals surface area contributed by atoms with Crippen LogP contribution in [0.25, 0.3) is 0 Å². The number of nitro benzene ring substituents is 1. The highest BCUT2D eigenvalue weighted by Gasteiger charge is 2.18. The second kappa shape index (κ2) is 5.83. The van der Waals surface area contributed by atoms with Crippen LogP contribution in [0.1, 0.15) is 0 Å². The minimum atomic E-state index is -3.64. The summed E-state index contributed by atoms with van der Waals surface area (Å²) in [7, 11) is -3.64. The molecule has 1 aromatic carbocycles. The maximum Gasteiger partial charge on any atom is 0.285 e. The second-order valence-electron chi connectivity index (χ2n) is 3.21. The Kier molecular flexibility index (Phi) is 4.91. The van der Waals surface area contributed by atoms with Crippen molar-refractivity contribution < 1.29 is 17.7 Å². The van der Waals surface area contributed by atoms with Gasteiger partial charge in [0, 0.05) is 5.75 Å². The fourth-order valence-corrected chi connectivity index (χ4v) is 3.24. The van der Waals surface area contributed by atoms with Gasteiger partial charge in [-0.15, -0.1) is 11.8 Å². The third-order valence-corrected chi connectivity index (χ3v) is 4.19. The fourth-order valence-electron chi connectivity index (χ4n) is 1.04. The summed E-state index contributed by atoms with van der Waals surface area (Å²) in [6.07, 6.45) is 0. The summed E-state index contributed by atoms with van der Waals surface area (Å²) >= 11 is 6.38. The standard InChI is InChI=1S/C8H8ClFN2O4S2/c9-5-3-8(17-1-2-18(11,15)16)7(12(13)14)4-6(5)10/h3-4H,1-2H2,(H2,11,15,16). The predicted octanol–water partition coefficient (Wildman–Crippen LogP) is 1.77. The molecule has 6 nitrogen and oxygen atoms in total. The van der Waals surface area contributed by atoms with E-state index in [0.29, 0.717) is 6.07 Å². The SMILES string of the molecule is NS(=O)(=O)CCSc1cc(Cl)c(F)cc1[N+](=O)[O-]. The van der Waals surface area contributed by atoms with E-state index in [9.17, 15) is 22.9 Å². The molecule has 1 aromatic rings. The number of benzene rings is 1. The molecule has 18 heavy (non-hydrogen) atoms. The summed E-state index contributed by atoms with van der Waals surface area (Å²) in [5.74, 6) is -1.23. The summed E-state index contributed by atoms with van der Waals surface area (Å²) in [6, 6.07) is 1.78. The zero-order chi connectivity index (χ0) is 13.9. The van der Waals surface area contributed by atoms with Crippen molar-refractivity contribution in [3.8, 4) is 0 Å². The van der Waals surface area contributed by atoms with Crippen molar-refractivity contribution in [2.24, 2.45) is 5.14 Å². The molecule has 2 N–H and O–H groups in total. The first-order valence-corrected chi connectivity index (χ1v) is 7.55. The molecule has 0 saturated carbocycles. The van der Waals surface area contributed by atoms with E-state index in [-0.39, 0.29) is 21.4 Å². The van der Waals surface area contributed by atoms with E-state index < -0.39 is 26.5 Å². The van der Waals surface area contributed by atoms with Crippen LogP contribution in [0, 0.1) is 15.9 Å². The number of hydrogen-bond acceptors (Lipinski definition) is 5. The van der Waals surface area contributed by atoms with Crippen molar-refractivity contribution in [2.45, 2.75) is 4.90 Å². The molecule has 0 unspecified atom stereocenters. The normalized spacial score (nSPS) is 11.5. The Balaban J connectivity index is 2.94. The van der Waals surface area contributed by atoms with Crippen molar-refractivity contribution in [3.05, 3.63) is 33.1 Å². The molecule has 0 radical (unpaired) electrons. The van der Waals surface area contributed by atoms with Crippen molar-refractivity contribution in [3.63, 3.8) is 0 Å². The van der Waals surface area contributed by atoms with Gasteiger partial charge in [0.15, 0.2) is 0 Å². The van der Waals surface area contributed by atoms with Gasteiger partial charge in [-0.2, -0.15) is 0 Å². The van der Waals surface area contributed by atoms with Crippen molar-refractivity contribution in [2.75, 3.05) is 11.5 Å². The first kappa shape index (κ1) is 15.2. The summed E-state index contributed by atoms with van der Waals surface area (Å²) < 4.78 is 34.5. The number of thioether (sulfide) groups is 1. The predicted molar refractivity (Wildman–Crippen MR) is 66.8 cm³/mol. The number of halogens is 2. The monoisotopic (exact) mass is 314 g/mol. The molecular formula is C8H8ClFN2O4S2. The highest BCUT2D eigenvalue weighted by Crippen LogP contribution is 2.33. The zero-order valence-electron chi connectivity index (χ0n) is 8.80. The second-order valence-corrected chi connectivity index (χ2v) is 6.48. The lowest BCUT2D eigenvalue weighted by Crippen LogP contribution is -2.17. The van der Waals surface area contributed by atoms with E-state index >= 15 is 0 Å². The molecule has 10 heteroatoms. The van der Waals surface area contributed by atoms with Gasteiger partial charge in [-0.1, -0.05) is 11.6 Å². The maximum absolute atomic E-state index is 13.1. The van der Waals surface area contributed by atoms with E-state index in [4.69, 9.17) is 16.7 Å². The van der Waals surface area contributed by atoms with Crippen LogP contribution >= 0.6 is 23.4 Å². The Morgan fingerprint density at radius 2 is 2.11 bits per heavy atom. The number of nitrogens with two attached hydrogens (primary N) is 1. The first-order chi connectivity index (χ1) is 8.20. The van der Waals surface area contributed by atoms with Crippen LogP contribution in [0.4, 0.5) is 10.1 Å². The average molecular weight is 315 g/mol. The topological polar surface area (TPSA) is 103 Å². The lowest BCUT2D eigenvalue weighted by molar-refractivity contribution is -0.387. The Bertz CT molecular complexity index is 579. The van der Waals surface area contributed by atoms with Crippen molar-refractivity contribution in [1.82, 2.24) is 0 Å². The Morgan fingerprint density at radius 1 is 1.50 bits per heavy atom. The number of sulfonamides is 1. The fraction of sp³-hybridized carbons (Fsp3) is 0.250. The van der Waals surface area contributed by atoms with Crippen LogP contribution in [-0.4, -0.2) is 24.8 Å². The van der Waals surface area contributed by atoms with E-state index in [1.54, 1.807) is 0 Å². The van der Waals surface area contributed by atoms with E-state index in [1.807, 2.05) is 0 Å². The molecule has 0 aromatic heterocycles. The van der Waals surface area contributed by atoms with E-state index in [1.165, 1.54) is 0 Å². The molecule has 0 aliphatic carbocycles. The van der Waals surface area contributed by atoms with Gasteiger partial charge in [0.25, 0.3) is 5.69 Å². The molecule has 0 aliphatic heterocycles. The van der Waals surface area contributed by atoms with Gasteiger partial charge in [0.1, 0.15) is 5.82 Å². The van der Waals surface area contributed by atoms with Gasteiger partial charge in [0.05, 0.1) is 26.7 Å². The number of rotatable bonds is 5. The highest BCUT2D eigenvalue weighted by molar-refractivity contribution is 8.00. The van der Waals surface area contributed by atoms with Crippen LogP contribution in [0.3, 0.4) is 0 Å². The minimum Gasteiger partial charge on any atom is -0.258 e. The quantitative estimate of drug-likeness (QED) is 0.507. The molecule has 0 saturated heterocycles. The van der Waals surface area contributed by atoms with E-state index in [0.717, 1.165) is 17.8 Å². The van der Waals surface area contributed by atoms with Crippen LogP contribution in [0.2, 0.25) is 5.02 Å². The molecule has 0 fully saturated rings. The van der Waals surface area contributed by atoms with Crippen LogP contribution in [0.15, 0.2) is 17.0 Å². The van der Waals surface area contributed by atoms with E-state index in [2.05, 4.69) is 0 Å². The molecule has 0 aliphatic rings. The number of primary sulfonamides is 1. The smallest absolute Gasteiger partial charge is 0.258 e. The van der Waals surface area contributed by atoms with Crippen LogP contribution in [-0.2, 0) is 10.0 Å². The van der Waals surface area contributed by atoms with Crippen LogP contribution < -0.4 is 5.14 Å². The number of nitro groups is 1. The van der Waals surface area contributed by atoms with Gasteiger partial charge >= 0.3 is 0 Å². The van der Waals surface area contributed by atoms with Crippen molar-refractivity contribution in [1.29, 1.82) is 0 Å². The van der Waals surface area contributed by atoms with Gasteiger partial charge < -0.3 is 0 Å². The summed E-state index contributed by atoms with van der Waals surface area (Å²) in [4.78, 5) is 10.0. The summed E-state index contributed by atoms with van der Waals surface area (Å²) in [5.41, 5.74) is -0.462. The van der Waals surface area contributed by atoms with Crippen molar-refractivity contribution >= 4 is 39.1 Å². The van der Waals surface area contributed by atoms with Gasteiger partial charge in [-0.25, -0.2) is 17.9 Å². The molecule has 0 atom stereocenters. The molecular weight excluding hydrogens is 307 g/mol. The molecule has 0 heterocycles. The number of hydrogen-bond donors (Lipinski definition) is 1. The largest absolute Gasteiger partial charge is 0.285 e. The first-order valence-electron chi connectivity index (χ1n) is 4.47. The summed E-state index contributed by atoms with van der Waals surface area (Å²) in [6.45, 7) is 0. The molecule has 0 amide bonds. The lowest BCUT2D eigenvalue weighted by atomic mass is 10.3. The Hall–Kier alpha value is -0.900. The van der Waals surface area contributed by atoms with Crippen LogP contribution in [0.5, 0.6) is 0 Å². The Morgan fingerprint density at radius 3 is 2.61 bits per heavy atom. The minimum absolute atomic E-state index is 0.0155. The van der Waals surface area contributed by atoms with Gasteiger partial charge in [0.2, 0.25) is 10.0 Å². The summed E-state index contributed by atoms with van der Waals surface area (Å²) in [5, 5.41) is 15.2. The third kappa shape index (κ3) is 4.41. The zero-order valence-corrected chi connectivity index (χ0v) is 11.2. The van der Waals surface area contributed by atoms with Gasteiger partial charge in [-0.05, 0) is 6.07 Å². The number of nitrogens with zero attached hydrogens (tertiary/aromatic N) is 1. The molecule has 100 valence electrons. The highest BCUT2D eigenvalue weighted by atomic mass is 35.5. The average Bonchev–Trinajstić information content (AvgIpc) is 2.20. The lowest BCUT2D eigenvalue weighted by Gasteiger charge is -2.04. The molecule has 1 rings (SSSR count). The molecule has 0 bridgehead atoms. The Labute approximate surface area is 112 Å². The maximum atomic E-state index is 13.1. The third-order valence-electron chi connectivity index (χ3n) is 1.82. The molecule has 0 spiro atoms.